The summed E-state index contributed by atoms with van der Waals surface area (Å²) in [5.74, 6) is -1.87. The molecule has 11 heteroatoms. The lowest BCUT2D eigenvalue weighted by Crippen LogP contribution is -2.59. The van der Waals surface area contributed by atoms with Gasteiger partial charge in [-0.1, -0.05) is 0 Å². The van der Waals surface area contributed by atoms with Crippen molar-refractivity contribution < 1.29 is 23.5 Å². The molecule has 0 bridgehead atoms. The monoisotopic (exact) mass is 444 g/mol. The Balaban J connectivity index is 1.32. The molecular formula is C21H22F2N6O3. The van der Waals surface area contributed by atoms with Gasteiger partial charge in [0.1, 0.15) is 23.5 Å². The number of aliphatic hydroxyl groups excluding tert-OH is 1. The minimum Gasteiger partial charge on any atom is -0.389 e. The molecule has 0 radical (unpaired) electrons. The second kappa shape index (κ2) is 7.97. The normalized spacial score (nSPS) is 26.8. The highest BCUT2D eigenvalue weighted by Gasteiger charge is 2.39. The van der Waals surface area contributed by atoms with Crippen molar-refractivity contribution in [1.82, 2.24) is 20.1 Å². The van der Waals surface area contributed by atoms with Gasteiger partial charge in [0.15, 0.2) is 6.17 Å². The Morgan fingerprint density at radius 3 is 2.81 bits per heavy atom. The van der Waals surface area contributed by atoms with Crippen LogP contribution in [0.3, 0.4) is 0 Å². The number of hydrazone groups is 1. The summed E-state index contributed by atoms with van der Waals surface area (Å²) in [7, 11) is 0. The van der Waals surface area contributed by atoms with Gasteiger partial charge in [0.05, 0.1) is 18.4 Å². The van der Waals surface area contributed by atoms with Crippen LogP contribution in [-0.2, 0) is 9.59 Å². The number of nitrogens with zero attached hydrogens (tertiary/aromatic N) is 5. The summed E-state index contributed by atoms with van der Waals surface area (Å²) in [5.41, 5.74) is 0.288. The largest absolute Gasteiger partial charge is 0.389 e. The topological polar surface area (TPSA) is 101 Å². The Labute approximate surface area is 182 Å². The zero-order valence-electron chi connectivity index (χ0n) is 17.1. The summed E-state index contributed by atoms with van der Waals surface area (Å²) in [6.07, 6.45) is 5.24. The van der Waals surface area contributed by atoms with Crippen molar-refractivity contribution >= 4 is 23.9 Å². The summed E-state index contributed by atoms with van der Waals surface area (Å²) >= 11 is 0. The summed E-state index contributed by atoms with van der Waals surface area (Å²) < 4.78 is 28.2. The molecule has 0 saturated carbocycles. The number of likely N-dealkylation sites (tertiary alicyclic amines) is 2. The van der Waals surface area contributed by atoms with Crippen LogP contribution in [0.4, 0.5) is 8.78 Å². The molecule has 4 heterocycles. The molecule has 5 rings (SSSR count). The van der Waals surface area contributed by atoms with E-state index in [4.69, 9.17) is 4.99 Å². The number of hydrogen-bond acceptors (Lipinski definition) is 7. The molecule has 3 atom stereocenters. The average Bonchev–Trinajstić information content (AvgIpc) is 3.39. The van der Waals surface area contributed by atoms with E-state index >= 15 is 0 Å². The first kappa shape index (κ1) is 20.6. The van der Waals surface area contributed by atoms with Crippen LogP contribution < -0.4 is 5.32 Å². The van der Waals surface area contributed by atoms with Gasteiger partial charge in [0.2, 0.25) is 0 Å². The Morgan fingerprint density at radius 2 is 2.03 bits per heavy atom. The van der Waals surface area contributed by atoms with Crippen LogP contribution in [0.2, 0.25) is 0 Å². The van der Waals surface area contributed by atoms with Gasteiger partial charge in [-0.2, -0.15) is 5.10 Å². The number of benzene rings is 1. The van der Waals surface area contributed by atoms with Gasteiger partial charge >= 0.3 is 11.8 Å². The predicted molar refractivity (Wildman–Crippen MR) is 110 cm³/mol. The van der Waals surface area contributed by atoms with Crippen molar-refractivity contribution in [2.45, 2.75) is 37.2 Å². The van der Waals surface area contributed by atoms with Gasteiger partial charge in [-0.25, -0.2) is 18.8 Å². The minimum absolute atomic E-state index is 0.137. The van der Waals surface area contributed by atoms with E-state index in [2.05, 4.69) is 10.4 Å². The smallest absolute Gasteiger partial charge is 0.312 e. The van der Waals surface area contributed by atoms with Crippen LogP contribution in [0.25, 0.3) is 0 Å². The SMILES string of the molecule is O=C(NC1C=NN2C=CC(N3CCC[C@@H]3c3cc(F)ccc3F)=NC12)C(=O)N1CC(O)C1. The second-order valence-electron chi connectivity index (χ2n) is 8.24. The van der Waals surface area contributed by atoms with Crippen LogP contribution in [0.1, 0.15) is 24.4 Å². The van der Waals surface area contributed by atoms with Gasteiger partial charge in [-0.3, -0.25) is 9.59 Å². The highest BCUT2D eigenvalue weighted by Crippen LogP contribution is 2.35. The molecule has 32 heavy (non-hydrogen) atoms. The lowest BCUT2D eigenvalue weighted by molar-refractivity contribution is -0.152. The first-order chi connectivity index (χ1) is 15.4. The van der Waals surface area contributed by atoms with Crippen molar-refractivity contribution in [3.8, 4) is 0 Å². The van der Waals surface area contributed by atoms with E-state index in [9.17, 15) is 23.5 Å². The third kappa shape index (κ3) is 3.62. The Morgan fingerprint density at radius 1 is 1.22 bits per heavy atom. The number of rotatable bonds is 2. The van der Waals surface area contributed by atoms with Gasteiger partial charge < -0.3 is 20.2 Å². The fourth-order valence-corrected chi connectivity index (χ4v) is 4.44. The molecule has 2 amide bonds. The summed E-state index contributed by atoms with van der Waals surface area (Å²) in [5, 5.41) is 17.8. The summed E-state index contributed by atoms with van der Waals surface area (Å²) in [6, 6.07) is 2.46. The molecule has 2 N–H and O–H groups in total. The number of hydrogen-bond donors (Lipinski definition) is 2. The summed E-state index contributed by atoms with van der Waals surface area (Å²) in [4.78, 5) is 32.4. The number of carbonyl (C=O) groups is 2. The van der Waals surface area contributed by atoms with Crippen molar-refractivity contribution in [2.24, 2.45) is 10.1 Å². The number of carbonyl (C=O) groups excluding carboxylic acids is 2. The minimum atomic E-state index is -0.789. The van der Waals surface area contributed by atoms with Gasteiger partial charge in [0, 0.05) is 31.4 Å². The number of amides is 2. The highest BCUT2D eigenvalue weighted by molar-refractivity contribution is 6.35. The van der Waals surface area contributed by atoms with E-state index in [0.29, 0.717) is 18.8 Å². The van der Waals surface area contributed by atoms with E-state index in [1.807, 2.05) is 4.90 Å². The van der Waals surface area contributed by atoms with Crippen LogP contribution >= 0.6 is 0 Å². The van der Waals surface area contributed by atoms with Crippen LogP contribution in [0.5, 0.6) is 0 Å². The predicted octanol–water partition coefficient (Wildman–Crippen LogP) is 0.343. The van der Waals surface area contributed by atoms with Gasteiger partial charge in [-0.15, -0.1) is 0 Å². The number of nitrogens with one attached hydrogen (secondary N) is 1. The lowest BCUT2D eigenvalue weighted by Gasteiger charge is -2.35. The van der Waals surface area contributed by atoms with E-state index < -0.39 is 41.8 Å². The van der Waals surface area contributed by atoms with Crippen molar-refractivity contribution in [2.75, 3.05) is 19.6 Å². The molecule has 0 spiro atoms. The lowest BCUT2D eigenvalue weighted by atomic mass is 10.0. The molecule has 2 unspecified atom stereocenters. The van der Waals surface area contributed by atoms with Crippen LogP contribution in [0.15, 0.2) is 40.6 Å². The van der Waals surface area contributed by atoms with E-state index in [0.717, 1.165) is 18.6 Å². The van der Waals surface area contributed by atoms with Crippen molar-refractivity contribution in [3.05, 3.63) is 47.7 Å². The Bertz CT molecular complexity index is 1040. The zero-order valence-corrected chi connectivity index (χ0v) is 17.1. The molecule has 0 aliphatic carbocycles. The maximum atomic E-state index is 14.4. The molecule has 168 valence electrons. The Kier molecular flexibility index (Phi) is 5.12. The molecular weight excluding hydrogens is 422 g/mol. The van der Waals surface area contributed by atoms with E-state index in [1.54, 1.807) is 17.3 Å². The first-order valence-electron chi connectivity index (χ1n) is 10.5. The number of aliphatic hydroxyl groups is 1. The third-order valence-electron chi connectivity index (χ3n) is 6.10. The molecule has 2 saturated heterocycles. The zero-order chi connectivity index (χ0) is 22.4. The molecule has 1 aromatic carbocycles. The molecule has 0 aromatic heterocycles. The molecule has 2 fully saturated rings. The Hall–Kier alpha value is -3.34. The fraction of sp³-hybridized carbons (Fsp3) is 0.429. The summed E-state index contributed by atoms with van der Waals surface area (Å²) in [6.45, 7) is 0.904. The molecule has 4 aliphatic rings. The average molecular weight is 444 g/mol. The van der Waals surface area contributed by atoms with Crippen molar-refractivity contribution in [3.63, 3.8) is 0 Å². The highest BCUT2D eigenvalue weighted by atomic mass is 19.1. The quantitative estimate of drug-likeness (QED) is 0.641. The van der Waals surface area contributed by atoms with Crippen LogP contribution in [-0.4, -0.2) is 81.7 Å². The number of halogens is 2. The molecule has 4 aliphatic heterocycles. The van der Waals surface area contributed by atoms with Crippen LogP contribution in [0, 0.1) is 11.6 Å². The third-order valence-corrected chi connectivity index (χ3v) is 6.10. The maximum absolute atomic E-state index is 14.4. The van der Waals surface area contributed by atoms with Crippen molar-refractivity contribution in [1.29, 1.82) is 0 Å². The molecule has 9 nitrogen and oxygen atoms in total. The van der Waals surface area contributed by atoms with Gasteiger partial charge in [-0.05, 0) is 37.1 Å². The fourth-order valence-electron chi connectivity index (χ4n) is 4.44. The van der Waals surface area contributed by atoms with Gasteiger partial charge in [0.25, 0.3) is 0 Å². The second-order valence-corrected chi connectivity index (χ2v) is 8.24. The maximum Gasteiger partial charge on any atom is 0.312 e. The number of fused-ring (bicyclic) bond motifs is 1. The number of β-amino-alcohol motifs (C(OH)–C–C–N with tert-alkyl or cyclic N) is 1. The first-order valence-corrected chi connectivity index (χ1v) is 10.5. The number of amidine groups is 1. The van der Waals surface area contributed by atoms with E-state index in [-0.39, 0.29) is 24.7 Å². The molecule has 1 aromatic rings. The van der Waals surface area contributed by atoms with E-state index in [1.165, 1.54) is 17.2 Å². The standard InChI is InChI=1S/C21H22F2N6O3/c22-12-3-4-15(23)14(8-12)17-2-1-6-28(17)18-5-7-29-19(26-18)16(9-24-29)25-20(31)21(32)27-10-13(30)11-27/h3-5,7-9,13,16-17,19,30H,1-2,6,10-11H2,(H,25,31)/t16?,17-,19?/m1/s1. The number of aliphatic imine (C=N–C) groups is 1.